The van der Waals surface area contributed by atoms with E-state index in [-0.39, 0.29) is 6.04 Å². The zero-order valence-electron chi connectivity index (χ0n) is 13.0. The van der Waals surface area contributed by atoms with Gasteiger partial charge in [0.05, 0.1) is 6.04 Å². The Morgan fingerprint density at radius 3 is 2.71 bits per heavy atom. The van der Waals surface area contributed by atoms with Crippen molar-refractivity contribution >= 4 is 11.5 Å². The zero-order chi connectivity index (χ0) is 14.7. The van der Waals surface area contributed by atoms with Gasteiger partial charge < -0.3 is 5.32 Å². The summed E-state index contributed by atoms with van der Waals surface area (Å²) in [6.45, 7) is 5.30. The molecule has 0 amide bonds. The number of hydrogen-bond acceptors (Lipinski definition) is 3. The Labute approximate surface area is 127 Å². The van der Waals surface area contributed by atoms with Crippen LogP contribution in [0.3, 0.4) is 0 Å². The maximum absolute atomic E-state index is 12.9. The monoisotopic (exact) mass is 286 g/mol. The van der Waals surface area contributed by atoms with E-state index in [0.717, 1.165) is 38.0 Å². The first-order chi connectivity index (χ1) is 10.3. The van der Waals surface area contributed by atoms with E-state index in [1.165, 1.54) is 36.9 Å². The van der Waals surface area contributed by atoms with Crippen LogP contribution in [0.25, 0.3) is 0 Å². The van der Waals surface area contributed by atoms with E-state index in [4.69, 9.17) is 0 Å². The van der Waals surface area contributed by atoms with Crippen molar-refractivity contribution in [3.05, 3.63) is 29.3 Å². The van der Waals surface area contributed by atoms with Crippen LogP contribution in [0.15, 0.2) is 18.2 Å². The van der Waals surface area contributed by atoms with Crippen molar-refractivity contribution in [3.8, 4) is 0 Å². The summed E-state index contributed by atoms with van der Waals surface area (Å²) in [5, 5.41) is 3.36. The molecule has 1 atom stereocenters. The van der Waals surface area contributed by atoms with Gasteiger partial charge in [-0.25, -0.2) is 0 Å². The van der Waals surface area contributed by atoms with E-state index >= 15 is 0 Å². The molecule has 0 radical (unpaired) electrons. The summed E-state index contributed by atoms with van der Waals surface area (Å²) < 4.78 is 0. The van der Waals surface area contributed by atoms with Gasteiger partial charge in [-0.05, 0) is 62.5 Å². The number of hydrogen-bond donors (Lipinski definition) is 1. The molecule has 0 aliphatic carbocycles. The number of fused-ring (bicyclic) bond motifs is 1. The average Bonchev–Trinajstić information content (AvgIpc) is 2.82. The summed E-state index contributed by atoms with van der Waals surface area (Å²) in [6, 6.07) is 6.25. The van der Waals surface area contributed by atoms with Crippen molar-refractivity contribution in [1.82, 2.24) is 4.90 Å². The van der Waals surface area contributed by atoms with E-state index in [0.29, 0.717) is 5.78 Å². The zero-order valence-corrected chi connectivity index (χ0v) is 13.0. The number of benzene rings is 1. The molecule has 2 heterocycles. The minimum Gasteiger partial charge on any atom is -0.384 e. The number of likely N-dealkylation sites (tertiary alicyclic amines) is 1. The van der Waals surface area contributed by atoms with E-state index in [9.17, 15) is 4.79 Å². The molecule has 114 valence electrons. The Kier molecular flexibility index (Phi) is 4.59. The van der Waals surface area contributed by atoms with Gasteiger partial charge in [-0.2, -0.15) is 0 Å². The lowest BCUT2D eigenvalue weighted by Gasteiger charge is -2.28. The number of carbonyl (C=O) groups is 1. The molecule has 1 fully saturated rings. The molecule has 2 aliphatic heterocycles. The molecule has 0 bridgehead atoms. The van der Waals surface area contributed by atoms with Crippen LogP contribution in [-0.4, -0.2) is 36.4 Å². The van der Waals surface area contributed by atoms with Gasteiger partial charge in [0.1, 0.15) is 0 Å². The molecule has 2 aliphatic rings. The highest BCUT2D eigenvalue weighted by molar-refractivity contribution is 6.00. The van der Waals surface area contributed by atoms with Crippen LogP contribution in [0, 0.1) is 0 Å². The van der Waals surface area contributed by atoms with Gasteiger partial charge in [-0.15, -0.1) is 0 Å². The predicted octanol–water partition coefficient (Wildman–Crippen LogP) is 3.49. The van der Waals surface area contributed by atoms with Crippen LogP contribution in [0.2, 0.25) is 0 Å². The lowest BCUT2D eigenvalue weighted by atomic mass is 9.98. The number of nitrogens with one attached hydrogen (secondary N) is 1. The quantitative estimate of drug-likeness (QED) is 0.860. The standard InChI is InChI=1S/C18H26N2O/c1-2-17(20-11-5-3-4-6-12-20)18(21)15-7-8-16-14(13-15)9-10-19-16/h7-8,13,17,19H,2-6,9-12H2,1H3. The number of rotatable bonds is 4. The lowest BCUT2D eigenvalue weighted by molar-refractivity contribution is 0.0816. The second-order valence-electron chi connectivity index (χ2n) is 6.29. The van der Waals surface area contributed by atoms with Gasteiger partial charge in [0.15, 0.2) is 5.78 Å². The fourth-order valence-corrected chi connectivity index (χ4v) is 3.67. The summed E-state index contributed by atoms with van der Waals surface area (Å²) in [5.41, 5.74) is 3.40. The molecule has 3 nitrogen and oxygen atoms in total. The maximum atomic E-state index is 12.9. The third-order valence-corrected chi connectivity index (χ3v) is 4.87. The molecule has 1 aromatic rings. The van der Waals surface area contributed by atoms with Gasteiger partial charge in [-0.1, -0.05) is 19.8 Å². The van der Waals surface area contributed by atoms with E-state index in [2.05, 4.69) is 29.3 Å². The van der Waals surface area contributed by atoms with Crippen LogP contribution >= 0.6 is 0 Å². The Morgan fingerprint density at radius 2 is 2.00 bits per heavy atom. The fraction of sp³-hybridized carbons (Fsp3) is 0.611. The van der Waals surface area contributed by atoms with Crippen molar-refractivity contribution in [2.24, 2.45) is 0 Å². The summed E-state index contributed by atoms with van der Waals surface area (Å²) in [6.07, 6.45) is 7.04. The number of carbonyl (C=O) groups excluding carboxylic acids is 1. The molecule has 3 heteroatoms. The first-order valence-electron chi connectivity index (χ1n) is 8.44. The van der Waals surface area contributed by atoms with Crippen LogP contribution in [-0.2, 0) is 6.42 Å². The molecule has 1 saturated heterocycles. The van der Waals surface area contributed by atoms with Gasteiger partial charge in [0.2, 0.25) is 0 Å². The molecule has 21 heavy (non-hydrogen) atoms. The lowest BCUT2D eigenvalue weighted by Crippen LogP contribution is -2.41. The fourth-order valence-electron chi connectivity index (χ4n) is 3.67. The summed E-state index contributed by atoms with van der Waals surface area (Å²) in [4.78, 5) is 15.3. The van der Waals surface area contributed by atoms with Gasteiger partial charge in [0.25, 0.3) is 0 Å². The summed E-state index contributed by atoms with van der Waals surface area (Å²) in [5.74, 6) is 0.314. The summed E-state index contributed by atoms with van der Waals surface area (Å²) >= 11 is 0. The third kappa shape index (κ3) is 3.13. The molecule has 1 N–H and O–H groups in total. The predicted molar refractivity (Wildman–Crippen MR) is 87.1 cm³/mol. The first kappa shape index (κ1) is 14.6. The number of anilines is 1. The minimum atomic E-state index is 0.0653. The van der Waals surface area contributed by atoms with E-state index in [1.807, 2.05) is 6.07 Å². The van der Waals surface area contributed by atoms with E-state index < -0.39 is 0 Å². The van der Waals surface area contributed by atoms with Crippen molar-refractivity contribution in [1.29, 1.82) is 0 Å². The number of nitrogens with zero attached hydrogens (tertiary/aromatic N) is 1. The van der Waals surface area contributed by atoms with Crippen LogP contribution in [0.1, 0.15) is 54.9 Å². The van der Waals surface area contributed by atoms with Gasteiger partial charge >= 0.3 is 0 Å². The maximum Gasteiger partial charge on any atom is 0.179 e. The highest BCUT2D eigenvalue weighted by Crippen LogP contribution is 2.25. The average molecular weight is 286 g/mol. The van der Waals surface area contributed by atoms with Crippen molar-refractivity contribution in [2.75, 3.05) is 25.0 Å². The molecule has 1 unspecified atom stereocenters. The van der Waals surface area contributed by atoms with Crippen molar-refractivity contribution < 1.29 is 4.79 Å². The molecule has 0 spiro atoms. The number of ketones is 1. The third-order valence-electron chi connectivity index (χ3n) is 4.87. The molecule has 0 saturated carbocycles. The topological polar surface area (TPSA) is 32.3 Å². The Morgan fingerprint density at radius 1 is 1.24 bits per heavy atom. The first-order valence-corrected chi connectivity index (χ1v) is 8.44. The Balaban J connectivity index is 1.78. The van der Waals surface area contributed by atoms with Crippen molar-refractivity contribution in [2.45, 2.75) is 51.5 Å². The SMILES string of the molecule is CCC(C(=O)c1ccc2c(c1)CCN2)N1CCCCCC1. The molecule has 1 aromatic carbocycles. The normalized spacial score (nSPS) is 20.4. The largest absolute Gasteiger partial charge is 0.384 e. The highest BCUT2D eigenvalue weighted by atomic mass is 16.1. The minimum absolute atomic E-state index is 0.0653. The Bertz CT molecular complexity index is 504. The van der Waals surface area contributed by atoms with Crippen LogP contribution in [0.4, 0.5) is 5.69 Å². The van der Waals surface area contributed by atoms with Crippen LogP contribution < -0.4 is 5.32 Å². The Hall–Kier alpha value is -1.35. The highest BCUT2D eigenvalue weighted by Gasteiger charge is 2.26. The molecular weight excluding hydrogens is 260 g/mol. The smallest absolute Gasteiger partial charge is 0.179 e. The van der Waals surface area contributed by atoms with Gasteiger partial charge in [0, 0.05) is 17.8 Å². The van der Waals surface area contributed by atoms with Gasteiger partial charge in [-0.3, -0.25) is 9.69 Å². The molecular formula is C18H26N2O. The van der Waals surface area contributed by atoms with Crippen molar-refractivity contribution in [3.63, 3.8) is 0 Å². The number of Topliss-reactive ketones (excluding diaryl/α,β-unsaturated/α-hetero) is 1. The summed E-state index contributed by atoms with van der Waals surface area (Å²) in [7, 11) is 0. The second kappa shape index (κ2) is 6.61. The second-order valence-corrected chi connectivity index (χ2v) is 6.29. The van der Waals surface area contributed by atoms with Crippen LogP contribution in [0.5, 0.6) is 0 Å². The van der Waals surface area contributed by atoms with E-state index in [1.54, 1.807) is 0 Å². The molecule has 3 rings (SSSR count). The molecule has 0 aromatic heterocycles.